The van der Waals surface area contributed by atoms with E-state index in [4.69, 9.17) is 36.7 Å². The smallest absolute Gasteiger partial charge is 0.333 e. The average Bonchev–Trinajstić information content (AvgIpc) is 0.908. The third-order valence-electron chi connectivity index (χ3n) is 22.4. The number of unbranched alkanes of at least 4 members (excludes halogenated alkanes) is 44. The zero-order valence-electron chi connectivity index (χ0n) is 77.3. The van der Waals surface area contributed by atoms with Crippen molar-refractivity contribution in [2.75, 3.05) is 92.1 Å². The minimum absolute atomic E-state index is 0.0610. The molecule has 0 aliphatic heterocycles. The highest BCUT2D eigenvalue weighted by molar-refractivity contribution is 6.64. The first kappa shape index (κ1) is 113. The Morgan fingerprint density at radius 1 is 0.250 bits per heavy atom. The van der Waals surface area contributed by atoms with E-state index in [1.54, 1.807) is 0 Å². The number of aliphatic hydroxyl groups is 2. The van der Waals surface area contributed by atoms with E-state index < -0.39 is 17.1 Å². The van der Waals surface area contributed by atoms with Crippen molar-refractivity contribution in [1.82, 2.24) is 9.80 Å². The van der Waals surface area contributed by atoms with Gasteiger partial charge in [-0.25, -0.2) is 0 Å². The summed E-state index contributed by atoms with van der Waals surface area (Å²) in [7, 11) is -4.50. The Labute approximate surface area is 700 Å². The summed E-state index contributed by atoms with van der Waals surface area (Å²) in [6.07, 6.45) is 75.5. The Kier molecular flexibility index (Phi) is 90.1. The van der Waals surface area contributed by atoms with Gasteiger partial charge in [-0.05, 0) is 207 Å². The zero-order valence-corrected chi connectivity index (χ0v) is 79.3. The van der Waals surface area contributed by atoms with Crippen LogP contribution in [0, 0.1) is 11.8 Å². The van der Waals surface area contributed by atoms with Gasteiger partial charge in [0.1, 0.15) is 12.6 Å². The van der Waals surface area contributed by atoms with Crippen molar-refractivity contribution in [2.45, 2.75) is 505 Å². The van der Waals surface area contributed by atoms with Crippen LogP contribution in [0.5, 0.6) is 0 Å². The van der Waals surface area contributed by atoms with E-state index in [-0.39, 0.29) is 49.6 Å². The van der Waals surface area contributed by atoms with Gasteiger partial charge in [0.15, 0.2) is 0 Å². The maximum Gasteiger partial charge on any atom is 0.333 e. The van der Waals surface area contributed by atoms with Crippen molar-refractivity contribution < 1.29 is 56.5 Å². The molecule has 0 saturated heterocycles. The Bertz CT molecular complexity index is 1730. The van der Waals surface area contributed by atoms with Gasteiger partial charge in [-0.3, -0.25) is 9.59 Å². The lowest BCUT2D eigenvalue weighted by molar-refractivity contribution is -0.150. The fourth-order valence-electron chi connectivity index (χ4n) is 15.0. The van der Waals surface area contributed by atoms with E-state index in [9.17, 15) is 19.8 Å². The molecule has 0 bridgehead atoms. The Balaban J connectivity index is 0. The number of esters is 2. The summed E-state index contributed by atoms with van der Waals surface area (Å²) < 4.78 is 49.8. The minimum atomic E-state index is -2.25. The van der Waals surface area contributed by atoms with Gasteiger partial charge >= 0.3 is 29.1 Å². The summed E-state index contributed by atoms with van der Waals surface area (Å²) in [6, 6.07) is 0. The molecule has 112 heavy (non-hydrogen) atoms. The zero-order chi connectivity index (χ0) is 82.4. The molecule has 672 valence electrons. The van der Waals surface area contributed by atoms with E-state index >= 15 is 0 Å². The monoisotopic (exact) mass is 1630 g/mol. The number of nitrogens with zero attached hydrogens (tertiary/aromatic N) is 2. The highest BCUT2D eigenvalue weighted by Crippen LogP contribution is 2.26. The molecule has 16 heteroatoms. The van der Waals surface area contributed by atoms with Gasteiger partial charge < -0.3 is 56.7 Å². The highest BCUT2D eigenvalue weighted by atomic mass is 28.4. The quantitative estimate of drug-likeness (QED) is 0.0257. The number of ether oxygens (including phenoxy) is 4. The average molecular weight is 1630 g/mol. The molecule has 0 saturated carbocycles. The lowest BCUT2D eigenvalue weighted by atomic mass is 9.94. The van der Waals surface area contributed by atoms with Crippen LogP contribution in [-0.2, 0) is 46.2 Å². The predicted molar refractivity (Wildman–Crippen MR) is 485 cm³/mol. The summed E-state index contributed by atoms with van der Waals surface area (Å²) in [5.41, 5.74) is 0. The lowest BCUT2D eigenvalue weighted by Gasteiger charge is -2.29. The van der Waals surface area contributed by atoms with Crippen LogP contribution in [0.1, 0.15) is 466 Å². The molecule has 0 aromatic heterocycles. The molecule has 0 amide bonds. The molecule has 0 aliphatic rings. The largest absolute Gasteiger partial charge is 0.465 e. The molecule has 14 nitrogen and oxygen atoms in total. The number of rotatable bonds is 92. The first-order chi connectivity index (χ1) is 54.7. The number of aliphatic hydroxyl groups excluding tert-OH is 2. The van der Waals surface area contributed by atoms with Crippen LogP contribution in [0.2, 0.25) is 26.2 Å². The van der Waals surface area contributed by atoms with E-state index in [2.05, 4.69) is 91.4 Å². The molecular formula is C96H198N2O12Si2. The summed E-state index contributed by atoms with van der Waals surface area (Å²) in [5, 5.41) is 18.7. The van der Waals surface area contributed by atoms with Gasteiger partial charge in [-0.15, -0.1) is 0 Å². The maximum atomic E-state index is 13.0. The van der Waals surface area contributed by atoms with Crippen LogP contribution in [-0.4, -0.2) is 154 Å². The second kappa shape index (κ2) is 89.2. The summed E-state index contributed by atoms with van der Waals surface area (Å²) in [5.74, 6) is 0.313. The van der Waals surface area contributed by atoms with Gasteiger partial charge in [0.05, 0.1) is 25.0 Å². The highest BCUT2D eigenvalue weighted by Gasteiger charge is 2.31. The maximum absolute atomic E-state index is 13.0. The molecular weight excluding hydrogens is 1430 g/mol. The minimum Gasteiger partial charge on any atom is -0.465 e. The molecule has 4 atom stereocenters. The van der Waals surface area contributed by atoms with Crippen molar-refractivity contribution in [1.29, 1.82) is 0 Å². The number of hydrogen-bond donors (Lipinski definition) is 2. The Morgan fingerprint density at radius 2 is 0.464 bits per heavy atom. The SMILES string of the molecule is CCCCCCCCCC(OCCCC)O[Si](C)(C)OCCCCCCN(CCCCO)CCCCCCOC(=O)C(CCCCCC)CCCCCCCC.CCCCCCCCCC(OCCCC)O[Si](C)(C)OCCCCCCN(CCCCO)CCCCCCOC(=O)C(CCCCCC)CCCCCCCC. The van der Waals surface area contributed by atoms with Crippen LogP contribution < -0.4 is 0 Å². The van der Waals surface area contributed by atoms with Crippen molar-refractivity contribution >= 4 is 29.1 Å². The van der Waals surface area contributed by atoms with Gasteiger partial charge in [-0.1, -0.05) is 325 Å². The van der Waals surface area contributed by atoms with E-state index in [1.807, 2.05) is 0 Å². The van der Waals surface area contributed by atoms with Gasteiger partial charge in [0.25, 0.3) is 0 Å². The van der Waals surface area contributed by atoms with Crippen LogP contribution in [0.4, 0.5) is 0 Å². The van der Waals surface area contributed by atoms with Crippen LogP contribution in [0.15, 0.2) is 0 Å². The number of carbonyl (C=O) groups is 2. The molecule has 0 spiro atoms. The molecule has 0 aromatic carbocycles. The first-order valence-corrected chi connectivity index (χ1v) is 55.2. The number of carbonyl (C=O) groups excluding carboxylic acids is 2. The molecule has 0 heterocycles. The van der Waals surface area contributed by atoms with Crippen molar-refractivity contribution in [2.24, 2.45) is 11.8 Å². The van der Waals surface area contributed by atoms with Crippen molar-refractivity contribution in [3.05, 3.63) is 0 Å². The van der Waals surface area contributed by atoms with E-state index in [1.165, 1.54) is 257 Å². The first-order valence-electron chi connectivity index (χ1n) is 49.5. The molecule has 0 aromatic rings. The summed E-state index contributed by atoms with van der Waals surface area (Å²) in [6.45, 7) is 38.1. The van der Waals surface area contributed by atoms with Crippen molar-refractivity contribution in [3.63, 3.8) is 0 Å². The van der Waals surface area contributed by atoms with Gasteiger partial charge in [-0.2, -0.15) is 0 Å². The summed E-state index contributed by atoms with van der Waals surface area (Å²) in [4.78, 5) is 31.2. The topological polar surface area (TPSA) is 155 Å². The van der Waals surface area contributed by atoms with Crippen LogP contribution in [0.25, 0.3) is 0 Å². The fraction of sp³-hybridized carbons (Fsp3) is 0.979. The number of hydrogen-bond acceptors (Lipinski definition) is 14. The van der Waals surface area contributed by atoms with E-state index in [0.29, 0.717) is 13.2 Å². The molecule has 0 aliphatic carbocycles. The van der Waals surface area contributed by atoms with Crippen LogP contribution >= 0.6 is 0 Å². The standard InChI is InChI=1S/2C48H99NO6Si/c2*1-7-11-15-18-20-22-29-38-47(52-43-14-10-4)55-56(5,6)54-45-35-26-24-31-40-49(41-32-33-42-50)39-30-23-25-34-44-53-48(51)46(36-27-17-13-9-3)37-28-21-19-16-12-8-2/h2*46-47,50H,7-45H2,1-6H3. The van der Waals surface area contributed by atoms with E-state index in [0.717, 1.165) is 220 Å². The Morgan fingerprint density at radius 3 is 0.732 bits per heavy atom. The van der Waals surface area contributed by atoms with Crippen LogP contribution in [0.3, 0.4) is 0 Å². The second-order valence-corrected chi connectivity index (χ2v) is 41.3. The molecule has 2 N–H and O–H groups in total. The van der Waals surface area contributed by atoms with Crippen molar-refractivity contribution in [3.8, 4) is 0 Å². The molecule has 0 rings (SSSR count). The Hall–Kier alpha value is -1.03. The second-order valence-electron chi connectivity index (χ2n) is 34.6. The molecule has 4 unspecified atom stereocenters. The summed E-state index contributed by atoms with van der Waals surface area (Å²) >= 11 is 0. The normalized spacial score (nSPS) is 13.1. The lowest BCUT2D eigenvalue weighted by Crippen LogP contribution is -2.40. The third-order valence-corrected chi connectivity index (χ3v) is 25.9. The van der Waals surface area contributed by atoms with Gasteiger partial charge in [0.2, 0.25) is 0 Å². The molecule has 0 radical (unpaired) electrons. The molecule has 0 fully saturated rings. The third kappa shape index (κ3) is 81.3. The fourth-order valence-corrected chi connectivity index (χ4v) is 18.0. The van der Waals surface area contributed by atoms with Gasteiger partial charge in [0, 0.05) is 39.6 Å². The predicted octanol–water partition coefficient (Wildman–Crippen LogP) is 28.2.